The van der Waals surface area contributed by atoms with Crippen LogP contribution >= 0.6 is 24.0 Å². The van der Waals surface area contributed by atoms with E-state index < -0.39 is 0 Å². The van der Waals surface area contributed by atoms with Crippen LogP contribution in [0.15, 0.2) is 4.99 Å². The summed E-state index contributed by atoms with van der Waals surface area (Å²) in [6.45, 7) is 18.7. The van der Waals surface area contributed by atoms with Crippen molar-refractivity contribution in [2.75, 3.05) is 91.9 Å². The third-order valence-corrected chi connectivity index (χ3v) is 5.77. The number of ether oxygens (including phenoxy) is 2. The Bertz CT molecular complexity index is 456. The molecule has 8 heteroatoms. The number of hydrogen-bond donors (Lipinski definition) is 1. The summed E-state index contributed by atoms with van der Waals surface area (Å²) in [6, 6.07) is 0. The predicted octanol–water partition coefficient (Wildman–Crippen LogP) is 1.19. The number of nitrogens with one attached hydrogen (secondary N) is 1. The molecule has 3 rings (SSSR count). The molecule has 7 nitrogen and oxygen atoms in total. The smallest absolute Gasteiger partial charge is 0.193 e. The first kappa shape index (κ1) is 24.1. The van der Waals surface area contributed by atoms with Crippen molar-refractivity contribution >= 4 is 29.9 Å². The maximum atomic E-state index is 5.47. The number of guanidine groups is 1. The summed E-state index contributed by atoms with van der Waals surface area (Å²) in [6.07, 6.45) is 1.27. The highest BCUT2D eigenvalue weighted by Gasteiger charge is 2.27. The Morgan fingerprint density at radius 3 is 2.32 bits per heavy atom. The standard InChI is InChI=1S/C20H39N5O2.HI/c1-3-21-20(22-14-18(2)15-23-6-10-26-11-7-23)25-5-4-19(17-25)16-24-8-12-27-13-9-24;/h18-19H,3-17H2,1-2H3,(H,21,22);1H. The summed E-state index contributed by atoms with van der Waals surface area (Å²) in [5, 5.41) is 3.52. The van der Waals surface area contributed by atoms with Gasteiger partial charge in [-0.15, -0.1) is 24.0 Å². The zero-order chi connectivity index (χ0) is 18.9. The molecule has 2 atom stereocenters. The van der Waals surface area contributed by atoms with Gasteiger partial charge in [0.25, 0.3) is 0 Å². The van der Waals surface area contributed by atoms with Crippen molar-refractivity contribution < 1.29 is 9.47 Å². The van der Waals surface area contributed by atoms with Gasteiger partial charge < -0.3 is 19.7 Å². The van der Waals surface area contributed by atoms with E-state index in [1.807, 2.05) is 0 Å². The average molecular weight is 509 g/mol. The largest absolute Gasteiger partial charge is 0.379 e. The molecule has 3 aliphatic heterocycles. The average Bonchev–Trinajstić information content (AvgIpc) is 3.15. The van der Waals surface area contributed by atoms with Crippen LogP contribution in [0.2, 0.25) is 0 Å². The fourth-order valence-corrected chi connectivity index (χ4v) is 4.27. The molecule has 0 aromatic rings. The van der Waals surface area contributed by atoms with Crippen molar-refractivity contribution in [3.05, 3.63) is 0 Å². The number of halogens is 1. The topological polar surface area (TPSA) is 52.6 Å². The summed E-state index contributed by atoms with van der Waals surface area (Å²) < 4.78 is 10.9. The summed E-state index contributed by atoms with van der Waals surface area (Å²) >= 11 is 0. The third kappa shape index (κ3) is 7.93. The van der Waals surface area contributed by atoms with E-state index in [0.717, 1.165) is 97.2 Å². The molecule has 0 aromatic carbocycles. The van der Waals surface area contributed by atoms with Gasteiger partial charge in [-0.2, -0.15) is 0 Å². The Kier molecular flexibility index (Phi) is 11.4. The minimum absolute atomic E-state index is 0. The van der Waals surface area contributed by atoms with Gasteiger partial charge in [0, 0.05) is 65.4 Å². The van der Waals surface area contributed by atoms with Crippen molar-refractivity contribution in [2.24, 2.45) is 16.8 Å². The predicted molar refractivity (Wildman–Crippen MR) is 125 cm³/mol. The van der Waals surface area contributed by atoms with Gasteiger partial charge in [-0.1, -0.05) is 6.92 Å². The molecule has 3 heterocycles. The summed E-state index contributed by atoms with van der Waals surface area (Å²) in [5.41, 5.74) is 0. The first-order chi connectivity index (χ1) is 13.2. The fraction of sp³-hybridized carbons (Fsp3) is 0.950. The lowest BCUT2D eigenvalue weighted by Crippen LogP contribution is -2.43. The monoisotopic (exact) mass is 509 g/mol. The molecule has 0 spiro atoms. The van der Waals surface area contributed by atoms with Crippen molar-refractivity contribution in [1.82, 2.24) is 20.0 Å². The first-order valence-corrected chi connectivity index (χ1v) is 10.9. The number of aliphatic imine (C=N–C) groups is 1. The highest BCUT2D eigenvalue weighted by Crippen LogP contribution is 2.18. The summed E-state index contributed by atoms with van der Waals surface area (Å²) in [5.74, 6) is 2.43. The van der Waals surface area contributed by atoms with Crippen LogP contribution in [0.25, 0.3) is 0 Å². The van der Waals surface area contributed by atoms with E-state index in [-0.39, 0.29) is 24.0 Å². The lowest BCUT2D eigenvalue weighted by Gasteiger charge is -2.29. The van der Waals surface area contributed by atoms with Crippen LogP contribution in [0.4, 0.5) is 0 Å². The quantitative estimate of drug-likeness (QED) is 0.316. The van der Waals surface area contributed by atoms with Crippen LogP contribution in [0.1, 0.15) is 20.3 Å². The van der Waals surface area contributed by atoms with Crippen molar-refractivity contribution in [3.8, 4) is 0 Å². The Morgan fingerprint density at radius 1 is 1.04 bits per heavy atom. The van der Waals surface area contributed by atoms with Crippen LogP contribution in [-0.4, -0.2) is 113 Å². The molecule has 3 aliphatic rings. The number of hydrogen-bond acceptors (Lipinski definition) is 5. The van der Waals surface area contributed by atoms with Gasteiger partial charge in [0.15, 0.2) is 5.96 Å². The van der Waals surface area contributed by atoms with Gasteiger partial charge in [-0.05, 0) is 25.2 Å². The first-order valence-electron chi connectivity index (χ1n) is 10.9. The second-order valence-corrected chi connectivity index (χ2v) is 8.23. The fourth-order valence-electron chi connectivity index (χ4n) is 4.27. The van der Waals surface area contributed by atoms with E-state index in [0.29, 0.717) is 5.92 Å². The Hall–Kier alpha value is -0.160. The highest BCUT2D eigenvalue weighted by atomic mass is 127. The highest BCUT2D eigenvalue weighted by molar-refractivity contribution is 14.0. The van der Waals surface area contributed by atoms with Gasteiger partial charge in [-0.25, -0.2) is 0 Å². The summed E-state index contributed by atoms with van der Waals surface area (Å²) in [4.78, 5) is 12.5. The van der Waals surface area contributed by atoms with Gasteiger partial charge in [0.1, 0.15) is 0 Å². The zero-order valence-corrected chi connectivity index (χ0v) is 20.1. The lowest BCUT2D eigenvalue weighted by atomic mass is 10.1. The van der Waals surface area contributed by atoms with E-state index >= 15 is 0 Å². The van der Waals surface area contributed by atoms with E-state index in [1.54, 1.807) is 0 Å². The van der Waals surface area contributed by atoms with Crippen LogP contribution in [-0.2, 0) is 9.47 Å². The van der Waals surface area contributed by atoms with Crippen LogP contribution in [0.5, 0.6) is 0 Å². The van der Waals surface area contributed by atoms with Crippen LogP contribution < -0.4 is 5.32 Å². The van der Waals surface area contributed by atoms with Crippen molar-refractivity contribution in [3.63, 3.8) is 0 Å². The number of nitrogens with zero attached hydrogens (tertiary/aromatic N) is 4. The van der Waals surface area contributed by atoms with Gasteiger partial charge >= 0.3 is 0 Å². The summed E-state index contributed by atoms with van der Waals surface area (Å²) in [7, 11) is 0. The second kappa shape index (κ2) is 13.2. The maximum Gasteiger partial charge on any atom is 0.193 e. The minimum atomic E-state index is 0. The SMILES string of the molecule is CCNC(=NCC(C)CN1CCOCC1)N1CCC(CN2CCOCC2)C1.I. The van der Waals surface area contributed by atoms with Gasteiger partial charge in [-0.3, -0.25) is 14.8 Å². The normalized spacial score (nSPS) is 26.1. The third-order valence-electron chi connectivity index (χ3n) is 5.77. The van der Waals surface area contributed by atoms with E-state index in [4.69, 9.17) is 14.5 Å². The molecule has 28 heavy (non-hydrogen) atoms. The van der Waals surface area contributed by atoms with Crippen LogP contribution in [0.3, 0.4) is 0 Å². The van der Waals surface area contributed by atoms with Crippen molar-refractivity contribution in [1.29, 1.82) is 0 Å². The molecule has 0 saturated carbocycles. The molecule has 0 amide bonds. The van der Waals surface area contributed by atoms with Crippen molar-refractivity contribution in [2.45, 2.75) is 20.3 Å². The molecule has 0 aliphatic carbocycles. The Balaban J connectivity index is 0.00000280. The molecule has 3 saturated heterocycles. The number of likely N-dealkylation sites (tertiary alicyclic amines) is 1. The zero-order valence-electron chi connectivity index (χ0n) is 17.8. The molecule has 1 N–H and O–H groups in total. The van der Waals surface area contributed by atoms with E-state index in [9.17, 15) is 0 Å². The number of rotatable bonds is 7. The minimum Gasteiger partial charge on any atom is -0.379 e. The Morgan fingerprint density at radius 2 is 1.68 bits per heavy atom. The van der Waals surface area contributed by atoms with Crippen LogP contribution in [0, 0.1) is 11.8 Å². The van der Waals surface area contributed by atoms with E-state index in [1.165, 1.54) is 13.0 Å². The Labute approximate surface area is 188 Å². The molecule has 0 bridgehead atoms. The molecule has 0 radical (unpaired) electrons. The van der Waals surface area contributed by atoms with E-state index in [2.05, 4.69) is 33.9 Å². The molecular formula is C20H40IN5O2. The second-order valence-electron chi connectivity index (χ2n) is 8.23. The molecule has 164 valence electrons. The molecule has 3 fully saturated rings. The van der Waals surface area contributed by atoms with Gasteiger partial charge in [0.2, 0.25) is 0 Å². The maximum absolute atomic E-state index is 5.47. The molecular weight excluding hydrogens is 469 g/mol. The number of morpholine rings is 2. The molecule has 0 aromatic heterocycles. The lowest BCUT2D eigenvalue weighted by molar-refractivity contribution is 0.0315. The molecule has 2 unspecified atom stereocenters. The van der Waals surface area contributed by atoms with Gasteiger partial charge in [0.05, 0.1) is 26.4 Å².